The van der Waals surface area contributed by atoms with E-state index in [0.717, 1.165) is 12.2 Å². The highest BCUT2D eigenvalue weighted by Gasteiger charge is 2.00. The van der Waals surface area contributed by atoms with Crippen LogP contribution in [0.15, 0.2) is 48.5 Å². The Bertz CT molecular complexity index is 749. The van der Waals surface area contributed by atoms with Crippen LogP contribution >= 0.6 is 0 Å². The van der Waals surface area contributed by atoms with Crippen molar-refractivity contribution in [3.63, 3.8) is 0 Å². The molecule has 0 aliphatic rings. The molecule has 0 unspecified atom stereocenters. The van der Waals surface area contributed by atoms with Gasteiger partial charge in [-0.2, -0.15) is 0 Å². The first-order valence-electron chi connectivity index (χ1n) is 9.73. The molecule has 2 aromatic carbocycles. The Labute approximate surface area is 162 Å². The molecule has 142 valence electrons. The quantitative estimate of drug-likeness (QED) is 0.433. The molecule has 0 fully saturated rings. The van der Waals surface area contributed by atoms with E-state index in [1.54, 1.807) is 0 Å². The number of carbonyl (C=O) groups is 1. The van der Waals surface area contributed by atoms with Crippen molar-refractivity contribution in [3.8, 4) is 28.7 Å². The maximum atomic E-state index is 10.3. The van der Waals surface area contributed by atoms with Crippen LogP contribution in [-0.2, 0) is 11.2 Å². The average molecular weight is 364 g/mol. The second-order valence-electron chi connectivity index (χ2n) is 6.59. The minimum Gasteiger partial charge on any atom is -0.494 e. The van der Waals surface area contributed by atoms with Crippen molar-refractivity contribution in [3.05, 3.63) is 54.1 Å². The van der Waals surface area contributed by atoms with Crippen molar-refractivity contribution in [2.45, 2.75) is 51.9 Å². The van der Waals surface area contributed by atoms with Crippen molar-refractivity contribution in [1.82, 2.24) is 0 Å². The van der Waals surface area contributed by atoms with E-state index in [9.17, 15) is 4.79 Å². The van der Waals surface area contributed by atoms with E-state index in [-0.39, 0.29) is 0 Å². The normalized spacial score (nSPS) is 10.1. The highest BCUT2D eigenvalue weighted by molar-refractivity contribution is 5.86. The molecule has 0 aliphatic heterocycles. The number of ether oxygens (including phenoxy) is 1. The average Bonchev–Trinajstić information content (AvgIpc) is 2.69. The molecule has 0 aliphatic carbocycles. The molecule has 1 N–H and O–H groups in total. The summed E-state index contributed by atoms with van der Waals surface area (Å²) < 4.78 is 5.67. The van der Waals surface area contributed by atoms with Crippen molar-refractivity contribution in [2.24, 2.45) is 0 Å². The maximum Gasteiger partial charge on any atom is 0.381 e. The Morgan fingerprint density at radius 1 is 0.926 bits per heavy atom. The number of hydrogen-bond donors (Lipinski definition) is 1. The van der Waals surface area contributed by atoms with Crippen LogP contribution in [0.25, 0.3) is 11.1 Å². The number of aryl methyl sites for hydroxylation is 1. The van der Waals surface area contributed by atoms with Crippen molar-refractivity contribution in [2.75, 3.05) is 6.61 Å². The van der Waals surface area contributed by atoms with Crippen LogP contribution in [0.1, 0.15) is 51.0 Å². The fourth-order valence-electron chi connectivity index (χ4n) is 2.85. The van der Waals surface area contributed by atoms with E-state index in [0.29, 0.717) is 19.4 Å². The van der Waals surface area contributed by atoms with E-state index in [2.05, 4.69) is 55.2 Å². The molecule has 0 spiro atoms. The molecular weight excluding hydrogens is 336 g/mol. The number of carboxylic acid groups (broad SMARTS) is 1. The van der Waals surface area contributed by atoms with Crippen molar-refractivity contribution >= 4 is 5.97 Å². The number of hydrogen-bond acceptors (Lipinski definition) is 2. The SMILES string of the molecule is CCCCCCc1ccc(-c2ccc(OCCCC#CC(=O)O)cc2)cc1. The van der Waals surface area contributed by atoms with Crippen molar-refractivity contribution < 1.29 is 14.6 Å². The number of aliphatic carboxylic acids is 1. The van der Waals surface area contributed by atoms with Crippen LogP contribution in [0.5, 0.6) is 5.75 Å². The molecule has 0 amide bonds. The molecule has 0 saturated carbocycles. The summed E-state index contributed by atoms with van der Waals surface area (Å²) >= 11 is 0. The van der Waals surface area contributed by atoms with Gasteiger partial charge in [0.25, 0.3) is 0 Å². The summed E-state index contributed by atoms with van der Waals surface area (Å²) in [7, 11) is 0. The summed E-state index contributed by atoms with van der Waals surface area (Å²) in [5.41, 5.74) is 3.79. The molecule has 0 atom stereocenters. The lowest BCUT2D eigenvalue weighted by Crippen LogP contribution is -1.96. The minimum absolute atomic E-state index is 0.523. The Balaban J connectivity index is 1.79. The monoisotopic (exact) mass is 364 g/mol. The molecule has 2 aromatic rings. The molecule has 3 nitrogen and oxygen atoms in total. The Hall–Kier alpha value is -2.73. The van der Waals surface area contributed by atoms with Gasteiger partial charge in [-0.15, -0.1) is 0 Å². The topological polar surface area (TPSA) is 46.5 Å². The van der Waals surface area contributed by atoms with Gasteiger partial charge in [-0.3, -0.25) is 0 Å². The molecule has 0 bridgehead atoms. The van der Waals surface area contributed by atoms with E-state index in [1.807, 2.05) is 12.1 Å². The van der Waals surface area contributed by atoms with Gasteiger partial charge in [0, 0.05) is 12.3 Å². The van der Waals surface area contributed by atoms with Gasteiger partial charge in [-0.1, -0.05) is 68.5 Å². The van der Waals surface area contributed by atoms with Crippen molar-refractivity contribution in [1.29, 1.82) is 0 Å². The summed E-state index contributed by atoms with van der Waals surface area (Å²) in [5.74, 6) is 4.43. The molecule has 0 aromatic heterocycles. The fraction of sp³-hybridized carbons (Fsp3) is 0.375. The van der Waals surface area contributed by atoms with E-state index in [1.165, 1.54) is 42.4 Å². The highest BCUT2D eigenvalue weighted by Crippen LogP contribution is 2.23. The maximum absolute atomic E-state index is 10.3. The van der Waals surface area contributed by atoms with Crippen LogP contribution in [-0.4, -0.2) is 17.7 Å². The molecule has 0 saturated heterocycles. The Morgan fingerprint density at radius 2 is 1.59 bits per heavy atom. The van der Waals surface area contributed by atoms with Gasteiger partial charge in [0.15, 0.2) is 0 Å². The van der Waals surface area contributed by atoms with Crippen LogP contribution < -0.4 is 4.74 Å². The predicted octanol–water partition coefficient (Wildman–Crippen LogP) is 5.72. The first-order chi connectivity index (χ1) is 13.2. The van der Waals surface area contributed by atoms with Gasteiger partial charge >= 0.3 is 5.97 Å². The summed E-state index contributed by atoms with van der Waals surface area (Å²) in [5, 5.41) is 8.44. The van der Waals surface area contributed by atoms with Crippen LogP contribution in [0.3, 0.4) is 0 Å². The molecule has 27 heavy (non-hydrogen) atoms. The fourth-order valence-corrected chi connectivity index (χ4v) is 2.85. The largest absolute Gasteiger partial charge is 0.494 e. The van der Waals surface area contributed by atoms with E-state index >= 15 is 0 Å². The zero-order valence-electron chi connectivity index (χ0n) is 16.0. The third-order valence-corrected chi connectivity index (χ3v) is 4.37. The molecule has 2 rings (SSSR count). The van der Waals surface area contributed by atoms with Gasteiger partial charge < -0.3 is 9.84 Å². The summed E-state index contributed by atoms with van der Waals surface area (Å²) in [4.78, 5) is 10.3. The number of carboxylic acids is 1. The zero-order chi connectivity index (χ0) is 19.3. The van der Waals surface area contributed by atoms with Gasteiger partial charge in [-0.25, -0.2) is 4.79 Å². The standard InChI is InChI=1S/C24H28O3/c1-2-3-4-6-9-20-11-13-21(14-12-20)22-15-17-23(18-16-22)27-19-8-5-7-10-24(25)26/h11-18H,2-6,8-9,19H2,1H3,(H,25,26). The number of benzene rings is 2. The molecule has 3 heteroatoms. The zero-order valence-corrected chi connectivity index (χ0v) is 16.0. The number of rotatable bonds is 10. The highest BCUT2D eigenvalue weighted by atomic mass is 16.5. The van der Waals surface area contributed by atoms with Crippen LogP contribution in [0, 0.1) is 11.8 Å². The Morgan fingerprint density at radius 3 is 2.22 bits per heavy atom. The van der Waals surface area contributed by atoms with Crippen LogP contribution in [0.4, 0.5) is 0 Å². The third kappa shape index (κ3) is 8.00. The number of unbranched alkanes of at least 4 members (excludes halogenated alkanes) is 4. The summed E-state index contributed by atoms with van der Waals surface area (Å²) in [6, 6.07) is 16.9. The predicted molar refractivity (Wildman–Crippen MR) is 110 cm³/mol. The molecule has 0 radical (unpaired) electrons. The van der Waals surface area contributed by atoms with E-state index < -0.39 is 5.97 Å². The second-order valence-corrected chi connectivity index (χ2v) is 6.59. The lowest BCUT2D eigenvalue weighted by molar-refractivity contribution is -0.130. The van der Waals surface area contributed by atoms with Gasteiger partial charge in [0.05, 0.1) is 6.61 Å². The first kappa shape index (κ1) is 20.6. The first-order valence-corrected chi connectivity index (χ1v) is 9.73. The minimum atomic E-state index is -1.09. The Kier molecular flexibility index (Phi) is 9.00. The molecule has 0 heterocycles. The van der Waals surface area contributed by atoms with Gasteiger partial charge in [-0.05, 0) is 48.1 Å². The summed E-state index contributed by atoms with van der Waals surface area (Å²) in [6.45, 7) is 2.77. The van der Waals surface area contributed by atoms with Gasteiger partial charge in [0.1, 0.15) is 5.75 Å². The lowest BCUT2D eigenvalue weighted by atomic mass is 10.0. The molecular formula is C24H28O3. The smallest absolute Gasteiger partial charge is 0.381 e. The van der Waals surface area contributed by atoms with E-state index in [4.69, 9.17) is 9.84 Å². The second kappa shape index (κ2) is 11.8. The van der Waals surface area contributed by atoms with Crippen LogP contribution in [0.2, 0.25) is 0 Å². The third-order valence-electron chi connectivity index (χ3n) is 4.37. The van der Waals surface area contributed by atoms with Gasteiger partial charge in [0.2, 0.25) is 0 Å². The lowest BCUT2D eigenvalue weighted by Gasteiger charge is -2.08. The summed E-state index contributed by atoms with van der Waals surface area (Å²) in [6.07, 6.45) is 7.56.